The van der Waals surface area contributed by atoms with Crippen LogP contribution in [0, 0.1) is 5.92 Å². The van der Waals surface area contributed by atoms with Gasteiger partial charge in [-0.3, -0.25) is 4.90 Å². The van der Waals surface area contributed by atoms with Gasteiger partial charge in [0, 0.05) is 52.2 Å². The Labute approximate surface area is 127 Å². The third-order valence-corrected chi connectivity index (χ3v) is 4.93. The molecule has 5 nitrogen and oxygen atoms in total. The van der Waals surface area contributed by atoms with Gasteiger partial charge in [0.2, 0.25) is 0 Å². The van der Waals surface area contributed by atoms with Crippen molar-refractivity contribution in [2.45, 2.75) is 38.3 Å². The smallest absolute Gasteiger partial charge is 0.127 e. The van der Waals surface area contributed by atoms with Gasteiger partial charge in [-0.15, -0.1) is 0 Å². The number of aryl methyl sites for hydroxylation is 1. The van der Waals surface area contributed by atoms with Crippen molar-refractivity contribution in [3.8, 4) is 0 Å². The molecule has 0 aromatic carbocycles. The second-order valence-corrected chi connectivity index (χ2v) is 6.40. The first-order valence-corrected chi connectivity index (χ1v) is 8.31. The number of hydrogen-bond acceptors (Lipinski definition) is 4. The highest BCUT2D eigenvalue weighted by Crippen LogP contribution is 2.27. The molecule has 3 unspecified atom stereocenters. The molecule has 0 aliphatic carbocycles. The Morgan fingerprint density at radius 2 is 2.38 bits per heavy atom. The molecule has 0 spiro atoms. The SMILES string of the molecule is CCC1CC(CN2CCNCC2c2nccn2C)CCO1. The highest BCUT2D eigenvalue weighted by atomic mass is 16.5. The zero-order valence-corrected chi connectivity index (χ0v) is 13.3. The van der Waals surface area contributed by atoms with E-state index in [4.69, 9.17) is 4.74 Å². The Balaban J connectivity index is 1.66. The van der Waals surface area contributed by atoms with Gasteiger partial charge in [-0.2, -0.15) is 0 Å². The highest BCUT2D eigenvalue weighted by Gasteiger charge is 2.30. The van der Waals surface area contributed by atoms with Gasteiger partial charge in [-0.05, 0) is 25.2 Å². The first-order chi connectivity index (χ1) is 10.3. The average Bonchev–Trinajstić information content (AvgIpc) is 2.94. The van der Waals surface area contributed by atoms with Crippen LogP contribution in [-0.4, -0.2) is 53.3 Å². The Hall–Kier alpha value is -0.910. The van der Waals surface area contributed by atoms with Gasteiger partial charge in [0.1, 0.15) is 5.82 Å². The molecule has 2 fully saturated rings. The predicted octanol–water partition coefficient (Wildman–Crippen LogP) is 1.57. The number of rotatable bonds is 4. The molecule has 3 heterocycles. The molecule has 0 amide bonds. The van der Waals surface area contributed by atoms with E-state index < -0.39 is 0 Å². The summed E-state index contributed by atoms with van der Waals surface area (Å²) in [7, 11) is 2.09. The molecule has 2 aliphatic heterocycles. The minimum absolute atomic E-state index is 0.404. The van der Waals surface area contributed by atoms with Crippen molar-refractivity contribution < 1.29 is 4.74 Å². The number of ether oxygens (including phenoxy) is 1. The van der Waals surface area contributed by atoms with E-state index in [2.05, 4.69) is 33.7 Å². The van der Waals surface area contributed by atoms with Crippen LogP contribution in [0.2, 0.25) is 0 Å². The first-order valence-electron chi connectivity index (χ1n) is 8.31. The quantitative estimate of drug-likeness (QED) is 0.915. The number of aromatic nitrogens is 2. The summed E-state index contributed by atoms with van der Waals surface area (Å²) in [5.74, 6) is 1.95. The minimum Gasteiger partial charge on any atom is -0.378 e. The van der Waals surface area contributed by atoms with E-state index in [-0.39, 0.29) is 0 Å². The number of hydrogen-bond donors (Lipinski definition) is 1. The number of imidazole rings is 1. The van der Waals surface area contributed by atoms with Crippen molar-refractivity contribution in [3.05, 3.63) is 18.2 Å². The van der Waals surface area contributed by atoms with Gasteiger partial charge < -0.3 is 14.6 Å². The van der Waals surface area contributed by atoms with Crippen molar-refractivity contribution in [2.75, 3.05) is 32.8 Å². The second kappa shape index (κ2) is 6.90. The summed E-state index contributed by atoms with van der Waals surface area (Å²) in [6.07, 6.45) is 7.98. The Morgan fingerprint density at radius 3 is 3.14 bits per heavy atom. The minimum atomic E-state index is 0.404. The maximum atomic E-state index is 5.82. The highest BCUT2D eigenvalue weighted by molar-refractivity contribution is 5.02. The molecule has 5 heteroatoms. The fourth-order valence-corrected chi connectivity index (χ4v) is 3.66. The summed E-state index contributed by atoms with van der Waals surface area (Å²) < 4.78 is 7.97. The third kappa shape index (κ3) is 3.47. The molecule has 1 N–H and O–H groups in total. The number of nitrogens with one attached hydrogen (secondary N) is 1. The van der Waals surface area contributed by atoms with Gasteiger partial charge in [-0.25, -0.2) is 4.98 Å². The van der Waals surface area contributed by atoms with Crippen molar-refractivity contribution in [1.29, 1.82) is 0 Å². The van der Waals surface area contributed by atoms with E-state index in [0.29, 0.717) is 12.1 Å². The molecular weight excluding hydrogens is 264 g/mol. The Kier molecular flexibility index (Phi) is 4.93. The van der Waals surface area contributed by atoms with Gasteiger partial charge >= 0.3 is 0 Å². The summed E-state index contributed by atoms with van der Waals surface area (Å²) >= 11 is 0. The maximum absolute atomic E-state index is 5.82. The van der Waals surface area contributed by atoms with Crippen LogP contribution in [0.4, 0.5) is 0 Å². The van der Waals surface area contributed by atoms with Crippen LogP contribution >= 0.6 is 0 Å². The zero-order valence-electron chi connectivity index (χ0n) is 13.3. The van der Waals surface area contributed by atoms with E-state index >= 15 is 0 Å². The molecule has 1 aromatic rings. The van der Waals surface area contributed by atoms with E-state index in [1.807, 2.05) is 12.4 Å². The van der Waals surface area contributed by atoms with Gasteiger partial charge in [0.25, 0.3) is 0 Å². The van der Waals surface area contributed by atoms with Crippen molar-refractivity contribution >= 4 is 0 Å². The lowest BCUT2D eigenvalue weighted by atomic mass is 9.93. The molecule has 21 heavy (non-hydrogen) atoms. The van der Waals surface area contributed by atoms with E-state index in [9.17, 15) is 0 Å². The lowest BCUT2D eigenvalue weighted by molar-refractivity contribution is -0.0227. The molecule has 1 aromatic heterocycles. The second-order valence-electron chi connectivity index (χ2n) is 6.40. The number of piperazine rings is 1. The van der Waals surface area contributed by atoms with Gasteiger partial charge in [0.15, 0.2) is 0 Å². The molecule has 118 valence electrons. The Bertz CT molecular complexity index is 447. The molecule has 2 saturated heterocycles. The van der Waals surface area contributed by atoms with Crippen LogP contribution in [0.5, 0.6) is 0 Å². The van der Waals surface area contributed by atoms with Crippen molar-refractivity contribution in [2.24, 2.45) is 13.0 Å². The van der Waals surface area contributed by atoms with Crippen LogP contribution in [0.1, 0.15) is 38.1 Å². The van der Waals surface area contributed by atoms with E-state index in [1.54, 1.807) is 0 Å². The van der Waals surface area contributed by atoms with Crippen LogP contribution in [0.25, 0.3) is 0 Å². The molecule has 0 bridgehead atoms. The van der Waals surface area contributed by atoms with Crippen LogP contribution < -0.4 is 5.32 Å². The lowest BCUT2D eigenvalue weighted by Gasteiger charge is -2.39. The van der Waals surface area contributed by atoms with Gasteiger partial charge in [0.05, 0.1) is 12.1 Å². The fourth-order valence-electron chi connectivity index (χ4n) is 3.66. The summed E-state index contributed by atoms with van der Waals surface area (Å²) in [6.45, 7) is 7.55. The van der Waals surface area contributed by atoms with Crippen molar-refractivity contribution in [3.63, 3.8) is 0 Å². The van der Waals surface area contributed by atoms with Crippen LogP contribution in [0.15, 0.2) is 12.4 Å². The third-order valence-electron chi connectivity index (χ3n) is 4.93. The molecule has 0 saturated carbocycles. The monoisotopic (exact) mass is 292 g/mol. The molecular formula is C16H28N4O. The normalized spacial score (nSPS) is 31.4. The summed E-state index contributed by atoms with van der Waals surface area (Å²) in [5, 5.41) is 3.52. The summed E-state index contributed by atoms with van der Waals surface area (Å²) in [4.78, 5) is 7.20. The zero-order chi connectivity index (χ0) is 14.7. The largest absolute Gasteiger partial charge is 0.378 e. The molecule has 0 radical (unpaired) electrons. The summed E-state index contributed by atoms with van der Waals surface area (Å²) in [6, 6.07) is 0.404. The predicted molar refractivity (Wildman–Crippen MR) is 83.1 cm³/mol. The van der Waals surface area contributed by atoms with Crippen molar-refractivity contribution in [1.82, 2.24) is 19.8 Å². The fraction of sp³-hybridized carbons (Fsp3) is 0.812. The molecule has 3 rings (SSSR count). The molecule has 2 aliphatic rings. The number of nitrogens with zero attached hydrogens (tertiary/aromatic N) is 3. The standard InChI is InChI=1S/C16H28N4O/c1-3-14-10-13(4-9-21-14)12-20-8-5-17-11-15(20)16-18-6-7-19(16)2/h6-7,13-15,17H,3-5,8-12H2,1-2H3. The topological polar surface area (TPSA) is 42.3 Å². The molecule has 3 atom stereocenters. The van der Waals surface area contributed by atoms with E-state index in [0.717, 1.165) is 38.6 Å². The van der Waals surface area contributed by atoms with Crippen LogP contribution in [0.3, 0.4) is 0 Å². The van der Waals surface area contributed by atoms with Crippen LogP contribution in [-0.2, 0) is 11.8 Å². The lowest BCUT2D eigenvalue weighted by Crippen LogP contribution is -2.49. The average molecular weight is 292 g/mol. The maximum Gasteiger partial charge on any atom is 0.127 e. The first kappa shape index (κ1) is 15.0. The summed E-state index contributed by atoms with van der Waals surface area (Å²) in [5.41, 5.74) is 0. The Morgan fingerprint density at radius 1 is 1.48 bits per heavy atom. The van der Waals surface area contributed by atoms with E-state index in [1.165, 1.54) is 25.2 Å². The van der Waals surface area contributed by atoms with Gasteiger partial charge in [-0.1, -0.05) is 6.92 Å².